The zero-order chi connectivity index (χ0) is 11.5. The van der Waals surface area contributed by atoms with E-state index in [4.69, 9.17) is 4.74 Å². The van der Waals surface area contributed by atoms with Crippen molar-refractivity contribution in [1.29, 1.82) is 0 Å². The number of carbonyl (C=O) groups excluding carboxylic acids is 1. The maximum atomic E-state index is 11.3. The average molecular weight is 215 g/mol. The van der Waals surface area contributed by atoms with Crippen LogP contribution in [0.4, 0.5) is 0 Å². The molecule has 0 aromatic heterocycles. The van der Waals surface area contributed by atoms with Crippen molar-refractivity contribution in [3.63, 3.8) is 0 Å². The van der Waals surface area contributed by atoms with Crippen molar-refractivity contribution in [2.24, 2.45) is 5.92 Å². The van der Waals surface area contributed by atoms with Gasteiger partial charge in [0.15, 0.2) is 5.54 Å². The summed E-state index contributed by atoms with van der Waals surface area (Å²) >= 11 is 0. The molecule has 1 aliphatic rings. The molecule has 2 N–H and O–H groups in total. The van der Waals surface area contributed by atoms with Crippen molar-refractivity contribution in [3.05, 3.63) is 0 Å². The van der Waals surface area contributed by atoms with Gasteiger partial charge in [-0.3, -0.25) is 4.79 Å². The molecule has 1 heterocycles. The molecular formula is C10H17NO4. The SMILES string of the molecule is CC(C)CC1(C(=O)O)COCCC(=O)N1. The molecule has 1 saturated heterocycles. The lowest BCUT2D eigenvalue weighted by atomic mass is 9.89. The summed E-state index contributed by atoms with van der Waals surface area (Å²) in [6, 6.07) is 0. The number of amides is 1. The van der Waals surface area contributed by atoms with E-state index in [9.17, 15) is 14.7 Å². The van der Waals surface area contributed by atoms with E-state index < -0.39 is 11.5 Å². The second kappa shape index (κ2) is 4.61. The average Bonchev–Trinajstić information content (AvgIpc) is 2.27. The van der Waals surface area contributed by atoms with Crippen molar-refractivity contribution in [1.82, 2.24) is 5.32 Å². The van der Waals surface area contributed by atoms with Crippen LogP contribution in [0.5, 0.6) is 0 Å². The van der Waals surface area contributed by atoms with Gasteiger partial charge in [0.25, 0.3) is 0 Å². The Morgan fingerprint density at radius 3 is 2.87 bits per heavy atom. The Hall–Kier alpha value is -1.10. The number of nitrogens with one attached hydrogen (secondary N) is 1. The third-order valence-corrected chi connectivity index (χ3v) is 2.37. The van der Waals surface area contributed by atoms with Gasteiger partial charge in [-0.15, -0.1) is 0 Å². The molecule has 0 saturated carbocycles. The smallest absolute Gasteiger partial charge is 0.331 e. The van der Waals surface area contributed by atoms with E-state index in [-0.39, 0.29) is 24.9 Å². The molecule has 15 heavy (non-hydrogen) atoms. The second-order valence-electron chi connectivity index (χ2n) is 4.34. The summed E-state index contributed by atoms with van der Waals surface area (Å²) in [5, 5.41) is 11.7. The van der Waals surface area contributed by atoms with Crippen molar-refractivity contribution >= 4 is 11.9 Å². The van der Waals surface area contributed by atoms with Gasteiger partial charge in [-0.25, -0.2) is 4.79 Å². The number of hydrogen-bond donors (Lipinski definition) is 2. The van der Waals surface area contributed by atoms with Gasteiger partial charge in [0.1, 0.15) is 0 Å². The first kappa shape index (κ1) is 12.0. The predicted octanol–water partition coefficient (Wildman–Crippen LogP) is 0.392. The van der Waals surface area contributed by atoms with E-state index in [1.54, 1.807) is 0 Å². The van der Waals surface area contributed by atoms with E-state index in [1.807, 2.05) is 13.8 Å². The van der Waals surface area contributed by atoms with Gasteiger partial charge in [0.05, 0.1) is 13.2 Å². The Kier molecular flexibility index (Phi) is 3.68. The lowest BCUT2D eigenvalue weighted by Gasteiger charge is -2.29. The second-order valence-corrected chi connectivity index (χ2v) is 4.34. The normalized spacial score (nSPS) is 27.3. The Labute approximate surface area is 88.8 Å². The number of aliphatic carboxylic acids is 1. The first-order valence-electron chi connectivity index (χ1n) is 5.08. The first-order valence-corrected chi connectivity index (χ1v) is 5.08. The van der Waals surface area contributed by atoms with Crippen LogP contribution in [0.3, 0.4) is 0 Å². The number of hydrogen-bond acceptors (Lipinski definition) is 3. The zero-order valence-electron chi connectivity index (χ0n) is 9.08. The Morgan fingerprint density at radius 1 is 1.67 bits per heavy atom. The van der Waals surface area contributed by atoms with Gasteiger partial charge < -0.3 is 15.2 Å². The van der Waals surface area contributed by atoms with Crippen LogP contribution in [0.25, 0.3) is 0 Å². The fourth-order valence-corrected chi connectivity index (χ4v) is 1.79. The molecule has 1 atom stereocenters. The van der Waals surface area contributed by atoms with Crippen molar-refractivity contribution < 1.29 is 19.4 Å². The molecule has 0 aromatic rings. The van der Waals surface area contributed by atoms with Crippen molar-refractivity contribution in [2.45, 2.75) is 32.2 Å². The van der Waals surface area contributed by atoms with E-state index in [0.717, 1.165) is 0 Å². The molecule has 0 bridgehead atoms. The molecule has 0 aliphatic carbocycles. The van der Waals surface area contributed by atoms with Gasteiger partial charge in [0.2, 0.25) is 5.91 Å². The monoisotopic (exact) mass is 215 g/mol. The molecule has 86 valence electrons. The summed E-state index contributed by atoms with van der Waals surface area (Å²) in [7, 11) is 0. The Bertz CT molecular complexity index is 264. The summed E-state index contributed by atoms with van der Waals surface area (Å²) in [4.78, 5) is 22.5. The minimum Gasteiger partial charge on any atom is -0.479 e. The van der Waals surface area contributed by atoms with Gasteiger partial charge in [-0.2, -0.15) is 0 Å². The number of rotatable bonds is 3. The van der Waals surface area contributed by atoms with E-state index in [0.29, 0.717) is 13.0 Å². The van der Waals surface area contributed by atoms with Crippen LogP contribution in [0.2, 0.25) is 0 Å². The van der Waals surface area contributed by atoms with Crippen molar-refractivity contribution in [3.8, 4) is 0 Å². The lowest BCUT2D eigenvalue weighted by Crippen LogP contribution is -2.57. The summed E-state index contributed by atoms with van der Waals surface area (Å²) < 4.78 is 5.18. The third kappa shape index (κ3) is 2.92. The van der Waals surface area contributed by atoms with Crippen LogP contribution in [-0.2, 0) is 14.3 Å². The molecule has 5 heteroatoms. The van der Waals surface area contributed by atoms with Crippen LogP contribution >= 0.6 is 0 Å². The Morgan fingerprint density at radius 2 is 2.33 bits per heavy atom. The summed E-state index contributed by atoms with van der Waals surface area (Å²) in [5.41, 5.74) is -1.25. The van der Waals surface area contributed by atoms with Gasteiger partial charge >= 0.3 is 5.97 Å². The standard InChI is InChI=1S/C10H17NO4/c1-7(2)5-10(9(13)14)6-15-4-3-8(12)11-10/h7H,3-6H2,1-2H3,(H,11,12)(H,13,14). The van der Waals surface area contributed by atoms with Crippen LogP contribution in [0.1, 0.15) is 26.7 Å². The molecule has 1 rings (SSSR count). The van der Waals surface area contributed by atoms with Gasteiger partial charge in [-0.1, -0.05) is 13.8 Å². The highest BCUT2D eigenvalue weighted by Crippen LogP contribution is 2.20. The highest BCUT2D eigenvalue weighted by atomic mass is 16.5. The molecule has 1 aliphatic heterocycles. The largest absolute Gasteiger partial charge is 0.479 e. The molecule has 0 spiro atoms. The summed E-state index contributed by atoms with van der Waals surface area (Å²) in [6.07, 6.45) is 0.612. The maximum Gasteiger partial charge on any atom is 0.331 e. The number of carboxylic acid groups (broad SMARTS) is 1. The molecule has 1 amide bonds. The predicted molar refractivity (Wildman–Crippen MR) is 53.4 cm³/mol. The number of carbonyl (C=O) groups is 2. The van der Waals surface area contributed by atoms with Gasteiger partial charge in [-0.05, 0) is 12.3 Å². The fourth-order valence-electron chi connectivity index (χ4n) is 1.79. The molecule has 0 radical (unpaired) electrons. The molecule has 1 unspecified atom stereocenters. The van der Waals surface area contributed by atoms with Crippen LogP contribution in [0, 0.1) is 5.92 Å². The fraction of sp³-hybridized carbons (Fsp3) is 0.800. The number of carboxylic acids is 1. The van der Waals surface area contributed by atoms with Crippen LogP contribution in [0.15, 0.2) is 0 Å². The quantitative estimate of drug-likeness (QED) is 0.714. The van der Waals surface area contributed by atoms with Crippen LogP contribution < -0.4 is 5.32 Å². The molecule has 5 nitrogen and oxygen atoms in total. The Balaban J connectivity index is 2.86. The molecule has 0 aromatic carbocycles. The van der Waals surface area contributed by atoms with Gasteiger partial charge in [0, 0.05) is 6.42 Å². The van der Waals surface area contributed by atoms with E-state index in [2.05, 4.69) is 5.32 Å². The zero-order valence-corrected chi connectivity index (χ0v) is 9.08. The third-order valence-electron chi connectivity index (χ3n) is 2.37. The minimum absolute atomic E-state index is 0.0479. The van der Waals surface area contributed by atoms with Crippen LogP contribution in [-0.4, -0.2) is 35.7 Å². The topological polar surface area (TPSA) is 75.6 Å². The maximum absolute atomic E-state index is 11.3. The molecule has 1 fully saturated rings. The lowest BCUT2D eigenvalue weighted by molar-refractivity contribution is -0.150. The number of ether oxygens (including phenoxy) is 1. The van der Waals surface area contributed by atoms with E-state index in [1.165, 1.54) is 0 Å². The highest BCUT2D eigenvalue weighted by molar-refractivity contribution is 5.87. The van der Waals surface area contributed by atoms with Crippen molar-refractivity contribution in [2.75, 3.05) is 13.2 Å². The van der Waals surface area contributed by atoms with E-state index >= 15 is 0 Å². The first-order chi connectivity index (χ1) is 6.96. The summed E-state index contributed by atoms with van der Waals surface area (Å²) in [5.74, 6) is -1.09. The highest BCUT2D eigenvalue weighted by Gasteiger charge is 2.42. The minimum atomic E-state index is -1.25. The summed E-state index contributed by atoms with van der Waals surface area (Å²) in [6.45, 7) is 4.18. The molecular weight excluding hydrogens is 198 g/mol.